The molecule has 2 aromatic carbocycles. The maximum atomic E-state index is 12.8. The Morgan fingerprint density at radius 3 is 2.19 bits per heavy atom. The first-order valence-electron chi connectivity index (χ1n) is 11.1. The smallest absolute Gasteiger partial charge is 0.343 e. The Kier molecular flexibility index (Phi) is 5.69. The maximum Gasteiger partial charge on any atom is 0.343 e. The van der Waals surface area contributed by atoms with Gasteiger partial charge in [-0.25, -0.2) is 4.79 Å². The number of rotatable bonds is 5. The minimum atomic E-state index is -0.513. The van der Waals surface area contributed by atoms with E-state index in [9.17, 15) is 14.4 Å². The summed E-state index contributed by atoms with van der Waals surface area (Å²) in [5.74, 6) is -0.777. The average Bonchev–Trinajstić information content (AvgIpc) is 3.04. The number of nitrogens with zero attached hydrogens (tertiary/aromatic N) is 1. The van der Waals surface area contributed by atoms with Crippen LogP contribution in [0.15, 0.2) is 48.5 Å². The van der Waals surface area contributed by atoms with E-state index in [1.165, 1.54) is 10.5 Å². The fourth-order valence-corrected chi connectivity index (χ4v) is 4.53. The lowest BCUT2D eigenvalue weighted by Crippen LogP contribution is -2.31. The van der Waals surface area contributed by atoms with Gasteiger partial charge in [-0.05, 0) is 60.6 Å². The van der Waals surface area contributed by atoms with Crippen LogP contribution >= 0.6 is 0 Å². The first-order valence-corrected chi connectivity index (χ1v) is 11.1. The fourth-order valence-electron chi connectivity index (χ4n) is 4.53. The number of hydrogen-bond acceptors (Lipinski definition) is 4. The van der Waals surface area contributed by atoms with Crippen LogP contribution < -0.4 is 9.64 Å². The normalized spacial score (nSPS) is 21.2. The number of amides is 2. The van der Waals surface area contributed by atoms with Crippen molar-refractivity contribution in [2.24, 2.45) is 11.8 Å². The van der Waals surface area contributed by atoms with E-state index in [-0.39, 0.29) is 29.1 Å². The molecule has 2 atom stereocenters. The molecule has 31 heavy (non-hydrogen) atoms. The van der Waals surface area contributed by atoms with Crippen molar-refractivity contribution in [3.8, 4) is 5.75 Å². The molecule has 1 heterocycles. The van der Waals surface area contributed by atoms with Gasteiger partial charge in [-0.1, -0.05) is 51.8 Å². The number of anilines is 1. The van der Waals surface area contributed by atoms with Gasteiger partial charge >= 0.3 is 5.97 Å². The maximum absolute atomic E-state index is 12.8. The number of carbonyl (C=O) groups excluding carboxylic acids is 3. The molecule has 4 rings (SSSR count). The number of carbonyl (C=O) groups is 3. The predicted octanol–water partition coefficient (Wildman–Crippen LogP) is 5.27. The monoisotopic (exact) mass is 419 g/mol. The van der Waals surface area contributed by atoms with E-state index in [1.54, 1.807) is 36.4 Å². The van der Waals surface area contributed by atoms with Crippen LogP contribution in [0.5, 0.6) is 5.75 Å². The van der Waals surface area contributed by atoms with Crippen LogP contribution in [0, 0.1) is 11.8 Å². The quantitative estimate of drug-likeness (QED) is 0.376. The highest BCUT2D eigenvalue weighted by Gasteiger charge is 2.48. The molecule has 0 bridgehead atoms. The van der Waals surface area contributed by atoms with Crippen LogP contribution in [0.25, 0.3) is 0 Å². The Bertz CT molecular complexity index is 984. The van der Waals surface area contributed by atoms with Gasteiger partial charge in [0.25, 0.3) is 0 Å². The number of fused-ring (bicyclic) bond motifs is 1. The first kappa shape index (κ1) is 21.3. The van der Waals surface area contributed by atoms with Crippen LogP contribution in [-0.2, 0) is 15.0 Å². The number of ether oxygens (including phenoxy) is 1. The van der Waals surface area contributed by atoms with Gasteiger partial charge in [0.05, 0.1) is 23.1 Å². The largest absolute Gasteiger partial charge is 0.423 e. The standard InChI is InChI=1S/C26H29NO4/c1-4-26(2,3)18-12-14-20(15-13-18)31-25(30)17-8-7-9-19(16-17)27-23(28)21-10-5-6-11-22(21)24(27)29/h7-9,12-16,21-22H,4-6,10-11H2,1-3H3/t21-,22-/m1/s1. The fraction of sp³-hybridized carbons (Fsp3) is 0.423. The number of hydrogen-bond donors (Lipinski definition) is 0. The lowest BCUT2D eigenvalue weighted by Gasteiger charge is -2.23. The highest BCUT2D eigenvalue weighted by Crippen LogP contribution is 2.40. The highest BCUT2D eigenvalue weighted by molar-refractivity contribution is 6.22. The molecule has 2 amide bonds. The first-order chi connectivity index (χ1) is 14.8. The Labute approximate surface area is 183 Å². The number of esters is 1. The topological polar surface area (TPSA) is 63.7 Å². The van der Waals surface area contributed by atoms with E-state index < -0.39 is 5.97 Å². The third-order valence-electron chi connectivity index (χ3n) is 6.91. The molecule has 2 aromatic rings. The second kappa shape index (κ2) is 8.29. The molecule has 5 nitrogen and oxygen atoms in total. The molecule has 2 fully saturated rings. The second-order valence-electron chi connectivity index (χ2n) is 9.21. The summed E-state index contributed by atoms with van der Waals surface area (Å²) in [5, 5.41) is 0. The van der Waals surface area contributed by atoms with Crippen molar-refractivity contribution in [2.75, 3.05) is 4.90 Å². The van der Waals surface area contributed by atoms with Crippen LogP contribution in [0.4, 0.5) is 5.69 Å². The Hall–Kier alpha value is -2.95. The van der Waals surface area contributed by atoms with Gasteiger partial charge in [0.15, 0.2) is 0 Å². The Balaban J connectivity index is 1.51. The van der Waals surface area contributed by atoms with Crippen molar-refractivity contribution in [1.82, 2.24) is 0 Å². The molecule has 0 N–H and O–H groups in total. The summed E-state index contributed by atoms with van der Waals surface area (Å²) in [6.45, 7) is 6.50. The average molecular weight is 420 g/mol. The molecule has 1 saturated heterocycles. The van der Waals surface area contributed by atoms with Gasteiger partial charge in [-0.15, -0.1) is 0 Å². The van der Waals surface area contributed by atoms with Gasteiger partial charge in [-0.2, -0.15) is 0 Å². The Morgan fingerprint density at radius 2 is 1.61 bits per heavy atom. The molecule has 0 spiro atoms. The van der Waals surface area contributed by atoms with Crippen LogP contribution in [0.2, 0.25) is 0 Å². The molecule has 5 heteroatoms. The minimum absolute atomic E-state index is 0.0584. The van der Waals surface area contributed by atoms with Gasteiger partial charge in [0, 0.05) is 0 Å². The molecule has 0 radical (unpaired) electrons. The Morgan fingerprint density at radius 1 is 1.00 bits per heavy atom. The van der Waals surface area contributed by atoms with E-state index in [2.05, 4.69) is 20.8 Å². The van der Waals surface area contributed by atoms with Crippen LogP contribution in [0.3, 0.4) is 0 Å². The van der Waals surface area contributed by atoms with Crippen molar-refractivity contribution in [2.45, 2.75) is 58.3 Å². The molecule has 162 valence electrons. The molecule has 1 saturated carbocycles. The van der Waals surface area contributed by atoms with E-state index in [0.29, 0.717) is 17.0 Å². The summed E-state index contributed by atoms with van der Waals surface area (Å²) in [5.41, 5.74) is 2.00. The summed E-state index contributed by atoms with van der Waals surface area (Å²) in [7, 11) is 0. The molecule has 1 aliphatic heterocycles. The minimum Gasteiger partial charge on any atom is -0.423 e. The van der Waals surface area contributed by atoms with Gasteiger partial charge in [-0.3, -0.25) is 14.5 Å². The molecular formula is C26H29NO4. The van der Waals surface area contributed by atoms with Crippen molar-refractivity contribution in [3.63, 3.8) is 0 Å². The highest BCUT2D eigenvalue weighted by atomic mass is 16.5. The zero-order chi connectivity index (χ0) is 22.2. The number of imide groups is 1. The summed E-state index contributed by atoms with van der Waals surface area (Å²) in [4.78, 5) is 39.7. The summed E-state index contributed by atoms with van der Waals surface area (Å²) >= 11 is 0. The third kappa shape index (κ3) is 4.01. The predicted molar refractivity (Wildman–Crippen MR) is 119 cm³/mol. The lowest BCUT2D eigenvalue weighted by atomic mass is 9.81. The second-order valence-corrected chi connectivity index (χ2v) is 9.21. The van der Waals surface area contributed by atoms with Crippen molar-refractivity contribution in [3.05, 3.63) is 59.7 Å². The van der Waals surface area contributed by atoms with E-state index in [0.717, 1.165) is 32.1 Å². The summed E-state index contributed by atoms with van der Waals surface area (Å²) < 4.78 is 5.54. The van der Waals surface area contributed by atoms with Gasteiger partial charge in [0.2, 0.25) is 11.8 Å². The zero-order valence-corrected chi connectivity index (χ0v) is 18.4. The molecule has 0 unspecified atom stereocenters. The van der Waals surface area contributed by atoms with Gasteiger partial charge in [0.1, 0.15) is 5.75 Å². The van der Waals surface area contributed by atoms with Crippen molar-refractivity contribution >= 4 is 23.5 Å². The molecule has 2 aliphatic rings. The van der Waals surface area contributed by atoms with Crippen molar-refractivity contribution in [1.29, 1.82) is 0 Å². The molecule has 1 aliphatic carbocycles. The van der Waals surface area contributed by atoms with Crippen LogP contribution in [-0.4, -0.2) is 17.8 Å². The summed E-state index contributed by atoms with van der Waals surface area (Å²) in [6.07, 6.45) is 4.49. The number of benzene rings is 2. The van der Waals surface area contributed by atoms with E-state index in [4.69, 9.17) is 4.74 Å². The van der Waals surface area contributed by atoms with E-state index in [1.807, 2.05) is 12.1 Å². The summed E-state index contributed by atoms with van der Waals surface area (Å²) in [6, 6.07) is 14.1. The van der Waals surface area contributed by atoms with Crippen LogP contribution in [0.1, 0.15) is 68.8 Å². The molecule has 0 aromatic heterocycles. The van der Waals surface area contributed by atoms with Crippen molar-refractivity contribution < 1.29 is 19.1 Å². The van der Waals surface area contributed by atoms with Gasteiger partial charge < -0.3 is 4.74 Å². The zero-order valence-electron chi connectivity index (χ0n) is 18.4. The SMILES string of the molecule is CCC(C)(C)c1ccc(OC(=O)c2cccc(N3C(=O)[C@@H]4CCCC[C@H]4C3=O)c2)cc1. The van der Waals surface area contributed by atoms with E-state index >= 15 is 0 Å². The molecular weight excluding hydrogens is 390 g/mol. The third-order valence-corrected chi connectivity index (χ3v) is 6.91. The lowest BCUT2D eigenvalue weighted by molar-refractivity contribution is -0.122.